The van der Waals surface area contributed by atoms with Gasteiger partial charge in [0.25, 0.3) is 0 Å². The number of rotatable bonds is 4. The van der Waals surface area contributed by atoms with Crippen molar-refractivity contribution in [3.8, 4) is 0 Å². The van der Waals surface area contributed by atoms with Crippen LogP contribution in [0, 0.1) is 20.8 Å². The minimum absolute atomic E-state index is 0.242. The van der Waals surface area contributed by atoms with E-state index in [2.05, 4.69) is 27.3 Å². The molecule has 3 heterocycles. The van der Waals surface area contributed by atoms with Crippen molar-refractivity contribution in [1.82, 2.24) is 25.3 Å². The molecule has 1 atom stereocenters. The number of aromatic amines is 2. The van der Waals surface area contributed by atoms with Crippen molar-refractivity contribution in [3.05, 3.63) is 34.4 Å². The third-order valence-corrected chi connectivity index (χ3v) is 4.92. The molecule has 0 spiro atoms. The summed E-state index contributed by atoms with van der Waals surface area (Å²) in [7, 11) is 0. The van der Waals surface area contributed by atoms with Crippen LogP contribution in [0.15, 0.2) is 6.20 Å². The third-order valence-electron chi connectivity index (χ3n) is 4.92. The van der Waals surface area contributed by atoms with Gasteiger partial charge in [-0.1, -0.05) is 0 Å². The van der Waals surface area contributed by atoms with Crippen molar-refractivity contribution in [2.24, 2.45) is 0 Å². The highest BCUT2D eigenvalue weighted by atomic mass is 16.2. The first-order valence-corrected chi connectivity index (χ1v) is 8.34. The van der Waals surface area contributed by atoms with E-state index in [0.29, 0.717) is 12.3 Å². The molecule has 1 aliphatic rings. The van der Waals surface area contributed by atoms with Crippen molar-refractivity contribution >= 4 is 5.91 Å². The van der Waals surface area contributed by atoms with Gasteiger partial charge < -0.3 is 4.90 Å². The summed E-state index contributed by atoms with van der Waals surface area (Å²) in [6.45, 7) is 7.74. The lowest BCUT2D eigenvalue weighted by Crippen LogP contribution is -2.39. The molecule has 6 heteroatoms. The maximum atomic E-state index is 12.6. The van der Waals surface area contributed by atoms with E-state index in [9.17, 15) is 4.79 Å². The normalized spacial score (nSPS) is 18.4. The average molecular weight is 315 g/mol. The number of aromatic nitrogens is 4. The molecular weight excluding hydrogens is 290 g/mol. The average Bonchev–Trinajstić information content (AvgIpc) is 3.11. The summed E-state index contributed by atoms with van der Waals surface area (Å²) in [5, 5.41) is 14.4. The van der Waals surface area contributed by atoms with E-state index in [1.54, 1.807) is 0 Å². The summed E-state index contributed by atoms with van der Waals surface area (Å²) in [5.41, 5.74) is 5.62. The van der Waals surface area contributed by atoms with Gasteiger partial charge in [0, 0.05) is 36.8 Å². The number of aryl methyl sites for hydroxylation is 3. The minimum Gasteiger partial charge on any atom is -0.342 e. The fourth-order valence-corrected chi connectivity index (χ4v) is 3.54. The van der Waals surface area contributed by atoms with Crippen molar-refractivity contribution < 1.29 is 4.79 Å². The number of carbonyl (C=O) groups is 1. The molecule has 6 nitrogen and oxygen atoms in total. The highest BCUT2D eigenvalue weighted by Gasteiger charge is 2.26. The van der Waals surface area contributed by atoms with Crippen LogP contribution in [0.5, 0.6) is 0 Å². The Morgan fingerprint density at radius 3 is 2.83 bits per heavy atom. The van der Waals surface area contributed by atoms with E-state index in [4.69, 9.17) is 0 Å². The number of amides is 1. The molecule has 1 aliphatic heterocycles. The summed E-state index contributed by atoms with van der Waals surface area (Å²) in [6, 6.07) is 0. The number of nitrogens with one attached hydrogen (secondary N) is 2. The maximum absolute atomic E-state index is 12.6. The Balaban J connectivity index is 1.60. The molecule has 1 amide bonds. The molecule has 0 aliphatic carbocycles. The van der Waals surface area contributed by atoms with Gasteiger partial charge in [-0.15, -0.1) is 0 Å². The predicted octanol–water partition coefficient (Wildman–Crippen LogP) is 2.40. The molecule has 0 radical (unpaired) electrons. The van der Waals surface area contributed by atoms with Crippen molar-refractivity contribution in [3.63, 3.8) is 0 Å². The zero-order valence-electron chi connectivity index (χ0n) is 14.1. The second kappa shape index (κ2) is 6.56. The van der Waals surface area contributed by atoms with Crippen molar-refractivity contribution in [2.45, 2.75) is 52.4 Å². The Morgan fingerprint density at radius 2 is 2.17 bits per heavy atom. The Labute approximate surface area is 136 Å². The topological polar surface area (TPSA) is 77.7 Å². The molecule has 1 saturated heterocycles. The van der Waals surface area contributed by atoms with Crippen LogP contribution in [0.1, 0.15) is 53.4 Å². The number of H-pyrrole nitrogens is 2. The fraction of sp³-hybridized carbons (Fsp3) is 0.588. The first-order chi connectivity index (χ1) is 11.1. The minimum atomic E-state index is 0.242. The summed E-state index contributed by atoms with van der Waals surface area (Å²) in [5.74, 6) is 0.625. The maximum Gasteiger partial charge on any atom is 0.222 e. The number of hydrogen-bond donors (Lipinski definition) is 2. The SMILES string of the molecule is Cc1cn[nH]c1C1CCCN(C(=O)CCc2c(C)n[nH]c2C)C1. The van der Waals surface area contributed by atoms with Gasteiger partial charge in [0.15, 0.2) is 0 Å². The molecule has 1 unspecified atom stereocenters. The van der Waals surface area contributed by atoms with E-state index >= 15 is 0 Å². The number of carbonyl (C=O) groups excluding carboxylic acids is 1. The van der Waals surface area contributed by atoms with Gasteiger partial charge in [-0.25, -0.2) is 0 Å². The molecule has 0 bridgehead atoms. The van der Waals surface area contributed by atoms with Gasteiger partial charge in [0.2, 0.25) is 5.91 Å². The molecule has 3 rings (SSSR count). The molecule has 2 aromatic heterocycles. The molecule has 2 aromatic rings. The van der Waals surface area contributed by atoms with E-state index in [0.717, 1.165) is 43.7 Å². The molecule has 2 N–H and O–H groups in total. The van der Waals surface area contributed by atoms with Crippen LogP contribution >= 0.6 is 0 Å². The lowest BCUT2D eigenvalue weighted by Gasteiger charge is -2.32. The van der Waals surface area contributed by atoms with E-state index < -0.39 is 0 Å². The first-order valence-electron chi connectivity index (χ1n) is 8.34. The van der Waals surface area contributed by atoms with Gasteiger partial charge in [-0.05, 0) is 51.2 Å². The highest BCUT2D eigenvalue weighted by Crippen LogP contribution is 2.28. The van der Waals surface area contributed by atoms with Gasteiger partial charge >= 0.3 is 0 Å². The first kappa shape index (κ1) is 15.8. The Kier molecular flexibility index (Phi) is 4.50. The molecule has 124 valence electrons. The number of likely N-dealkylation sites (tertiary alicyclic amines) is 1. The smallest absolute Gasteiger partial charge is 0.222 e. The summed E-state index contributed by atoms with van der Waals surface area (Å²) < 4.78 is 0. The zero-order valence-corrected chi connectivity index (χ0v) is 14.1. The van der Waals surface area contributed by atoms with Crippen LogP contribution in [0.25, 0.3) is 0 Å². The van der Waals surface area contributed by atoms with Crippen LogP contribution in [0.4, 0.5) is 0 Å². The van der Waals surface area contributed by atoms with Crippen LogP contribution in [0.3, 0.4) is 0 Å². The Bertz CT molecular complexity index is 667. The fourth-order valence-electron chi connectivity index (χ4n) is 3.54. The molecular formula is C17H25N5O. The molecule has 0 saturated carbocycles. The molecule has 0 aromatic carbocycles. The lowest BCUT2D eigenvalue weighted by atomic mass is 9.92. The van der Waals surface area contributed by atoms with Gasteiger partial charge in [0.05, 0.1) is 11.9 Å². The largest absolute Gasteiger partial charge is 0.342 e. The highest BCUT2D eigenvalue weighted by molar-refractivity contribution is 5.76. The quantitative estimate of drug-likeness (QED) is 0.909. The van der Waals surface area contributed by atoms with E-state index in [1.165, 1.54) is 16.8 Å². The van der Waals surface area contributed by atoms with Crippen molar-refractivity contribution in [2.75, 3.05) is 13.1 Å². The number of piperidine rings is 1. The summed E-state index contributed by atoms with van der Waals surface area (Å²) in [6.07, 6.45) is 5.35. The Hall–Kier alpha value is -2.11. The van der Waals surface area contributed by atoms with Gasteiger partial charge in [-0.2, -0.15) is 10.2 Å². The second-order valence-corrected chi connectivity index (χ2v) is 6.56. The van der Waals surface area contributed by atoms with Gasteiger partial charge in [0.1, 0.15) is 0 Å². The van der Waals surface area contributed by atoms with E-state index in [1.807, 2.05) is 24.9 Å². The van der Waals surface area contributed by atoms with Crippen LogP contribution in [-0.4, -0.2) is 44.3 Å². The van der Waals surface area contributed by atoms with Crippen LogP contribution in [-0.2, 0) is 11.2 Å². The molecule has 1 fully saturated rings. The third kappa shape index (κ3) is 3.30. The lowest BCUT2D eigenvalue weighted by molar-refractivity contribution is -0.132. The van der Waals surface area contributed by atoms with Gasteiger partial charge in [-0.3, -0.25) is 15.0 Å². The van der Waals surface area contributed by atoms with E-state index in [-0.39, 0.29) is 5.91 Å². The summed E-state index contributed by atoms with van der Waals surface area (Å²) in [4.78, 5) is 14.6. The second-order valence-electron chi connectivity index (χ2n) is 6.56. The number of nitrogens with zero attached hydrogens (tertiary/aromatic N) is 3. The number of hydrogen-bond acceptors (Lipinski definition) is 3. The van der Waals surface area contributed by atoms with Crippen LogP contribution < -0.4 is 0 Å². The van der Waals surface area contributed by atoms with Crippen molar-refractivity contribution in [1.29, 1.82) is 0 Å². The monoisotopic (exact) mass is 315 g/mol. The zero-order chi connectivity index (χ0) is 16.4. The summed E-state index contributed by atoms with van der Waals surface area (Å²) >= 11 is 0. The molecule has 23 heavy (non-hydrogen) atoms. The predicted molar refractivity (Wildman–Crippen MR) is 88.3 cm³/mol. The standard InChI is InChI=1S/C17H25N5O/c1-11-9-18-21-17(11)14-5-4-8-22(10-14)16(23)7-6-15-12(2)19-20-13(15)3/h9,14H,4-8,10H2,1-3H3,(H,18,21)(H,19,20). The Morgan fingerprint density at radius 1 is 1.35 bits per heavy atom. The van der Waals surface area contributed by atoms with Crippen LogP contribution in [0.2, 0.25) is 0 Å².